The summed E-state index contributed by atoms with van der Waals surface area (Å²) in [5, 5.41) is 0. The molecular formula is C34H28B2F15N. The van der Waals surface area contributed by atoms with Crippen molar-refractivity contribution in [2.24, 2.45) is 0 Å². The number of benzene rings is 3. The maximum absolute atomic E-state index is 16.0. The zero-order valence-corrected chi connectivity index (χ0v) is 28.3. The number of allylic oxidation sites excluding steroid dienone is 1. The molecule has 0 unspecified atom stereocenters. The SMILES string of the molecule is CCCC#CB(/C(CCC)=C(/B(c1c(F)c(F)c(F)c(F)c1F)c1c(F)c(F)c(F)c(F)c1F)c1c(F)c(F)c(F)c(F)c1F)N(C(C)C)C(C)C. The Bertz CT molecular complexity index is 1800. The zero-order chi connectivity index (χ0) is 39.7. The van der Waals surface area contributed by atoms with Crippen LogP contribution in [0.25, 0.3) is 5.47 Å². The van der Waals surface area contributed by atoms with Crippen LogP contribution >= 0.6 is 0 Å². The Morgan fingerprint density at radius 1 is 0.500 bits per heavy atom. The van der Waals surface area contributed by atoms with Crippen molar-refractivity contribution in [3.8, 4) is 11.7 Å². The molecule has 3 aromatic carbocycles. The van der Waals surface area contributed by atoms with E-state index in [0.29, 0.717) is 6.42 Å². The summed E-state index contributed by atoms with van der Waals surface area (Å²) in [7, 11) is 0. The van der Waals surface area contributed by atoms with Crippen molar-refractivity contribution in [2.75, 3.05) is 0 Å². The lowest BCUT2D eigenvalue weighted by Crippen LogP contribution is -2.55. The van der Waals surface area contributed by atoms with Gasteiger partial charge in [-0.25, -0.2) is 65.9 Å². The van der Waals surface area contributed by atoms with E-state index >= 15 is 35.1 Å². The molecule has 0 aliphatic carbocycles. The second kappa shape index (κ2) is 16.8. The third-order valence-electron chi connectivity index (χ3n) is 8.13. The molecule has 0 radical (unpaired) electrons. The number of hydrogen-bond acceptors (Lipinski definition) is 1. The van der Waals surface area contributed by atoms with E-state index in [0.717, 1.165) is 0 Å². The number of unbranched alkanes of at least 4 members (excludes halogenated alkanes) is 1. The van der Waals surface area contributed by atoms with Crippen LogP contribution in [0.2, 0.25) is 0 Å². The van der Waals surface area contributed by atoms with Gasteiger partial charge in [-0.2, -0.15) is 0 Å². The predicted molar refractivity (Wildman–Crippen MR) is 166 cm³/mol. The highest BCUT2D eigenvalue weighted by atomic mass is 19.2. The van der Waals surface area contributed by atoms with Gasteiger partial charge in [0.15, 0.2) is 81.4 Å². The van der Waals surface area contributed by atoms with Crippen molar-refractivity contribution in [1.29, 1.82) is 0 Å². The van der Waals surface area contributed by atoms with Gasteiger partial charge in [0.1, 0.15) is 0 Å². The van der Waals surface area contributed by atoms with E-state index in [9.17, 15) is 30.7 Å². The Hall–Kier alpha value is -4.00. The third-order valence-corrected chi connectivity index (χ3v) is 8.13. The van der Waals surface area contributed by atoms with Crippen LogP contribution in [-0.2, 0) is 0 Å². The van der Waals surface area contributed by atoms with Gasteiger partial charge >= 0.3 is 6.85 Å². The van der Waals surface area contributed by atoms with Gasteiger partial charge < -0.3 is 4.81 Å². The molecule has 52 heavy (non-hydrogen) atoms. The molecule has 0 aliphatic heterocycles. The van der Waals surface area contributed by atoms with Crippen LogP contribution < -0.4 is 10.9 Å². The summed E-state index contributed by atoms with van der Waals surface area (Å²) < 4.78 is 228. The molecule has 0 fully saturated rings. The second-order valence-corrected chi connectivity index (χ2v) is 12.1. The molecule has 3 aromatic rings. The van der Waals surface area contributed by atoms with E-state index in [1.54, 1.807) is 6.92 Å². The molecule has 3 rings (SSSR count). The Kier molecular flexibility index (Phi) is 13.7. The van der Waals surface area contributed by atoms with Gasteiger partial charge in [0.05, 0.1) is 0 Å². The maximum atomic E-state index is 16.0. The van der Waals surface area contributed by atoms with Crippen molar-refractivity contribution >= 4 is 30.0 Å². The molecule has 0 bridgehead atoms. The van der Waals surface area contributed by atoms with Crippen LogP contribution in [0.15, 0.2) is 5.47 Å². The first-order valence-corrected chi connectivity index (χ1v) is 15.7. The summed E-state index contributed by atoms with van der Waals surface area (Å²) in [6, 6.07) is -1.38. The van der Waals surface area contributed by atoms with Gasteiger partial charge in [-0.3, -0.25) is 0 Å². The van der Waals surface area contributed by atoms with Gasteiger partial charge in [0, 0.05) is 22.9 Å². The van der Waals surface area contributed by atoms with E-state index in [1.807, 2.05) is 0 Å². The highest BCUT2D eigenvalue weighted by Gasteiger charge is 2.47. The molecule has 0 spiro atoms. The lowest BCUT2D eigenvalue weighted by Gasteiger charge is -2.37. The van der Waals surface area contributed by atoms with Gasteiger partial charge in [-0.05, 0) is 24.9 Å². The van der Waals surface area contributed by atoms with Crippen LogP contribution in [0.1, 0.15) is 72.8 Å². The number of halogens is 15. The van der Waals surface area contributed by atoms with Crippen LogP contribution in [0.3, 0.4) is 0 Å². The molecule has 1 nitrogen and oxygen atoms in total. The van der Waals surface area contributed by atoms with Crippen molar-refractivity contribution < 1.29 is 65.9 Å². The van der Waals surface area contributed by atoms with E-state index < -0.39 is 147 Å². The smallest absolute Gasteiger partial charge is 0.323 e. The highest BCUT2D eigenvalue weighted by molar-refractivity contribution is 7.01. The lowest BCUT2D eigenvalue weighted by atomic mass is 9.31. The van der Waals surface area contributed by atoms with E-state index in [4.69, 9.17) is 0 Å². The van der Waals surface area contributed by atoms with E-state index in [-0.39, 0.29) is 12.8 Å². The fourth-order valence-corrected chi connectivity index (χ4v) is 6.03. The molecule has 0 aromatic heterocycles. The molecule has 0 aliphatic rings. The van der Waals surface area contributed by atoms with Crippen molar-refractivity contribution in [2.45, 2.75) is 79.3 Å². The van der Waals surface area contributed by atoms with E-state index in [1.165, 1.54) is 39.4 Å². The molecule has 0 saturated carbocycles. The molecule has 0 N–H and O–H groups in total. The quantitative estimate of drug-likeness (QED) is 0.0621. The molecule has 280 valence electrons. The van der Waals surface area contributed by atoms with Gasteiger partial charge in [-0.15, -0.1) is 11.7 Å². The van der Waals surface area contributed by atoms with Gasteiger partial charge in [0.25, 0.3) is 6.71 Å². The summed E-state index contributed by atoms with van der Waals surface area (Å²) in [4.78, 5) is 1.41. The summed E-state index contributed by atoms with van der Waals surface area (Å²) in [5.41, 5.74) is -9.62. The minimum absolute atomic E-state index is 0.0799. The van der Waals surface area contributed by atoms with Crippen LogP contribution in [0.5, 0.6) is 0 Å². The summed E-state index contributed by atoms with van der Waals surface area (Å²) in [6.07, 6.45) is -0.461. The topological polar surface area (TPSA) is 3.24 Å². The van der Waals surface area contributed by atoms with Crippen molar-refractivity contribution in [3.05, 3.63) is 98.3 Å². The normalized spacial score (nSPS) is 12.2. The third kappa shape index (κ3) is 7.43. The Balaban J connectivity index is 3.00. The minimum atomic E-state index is -3.68. The average Bonchev–Trinajstić information content (AvgIpc) is 3.09. The first-order chi connectivity index (χ1) is 24.2. The predicted octanol–water partition coefficient (Wildman–Crippen LogP) is 9.17. The average molecular weight is 757 g/mol. The standard InChI is InChI=1S/C34H28B2F15N/c1-7-9-10-12-35(52(13(3)4)14(5)6)15(11-8-2)17(16-20(37)26(43)32(49)27(44)21(16)38)36(18-22(39)28(45)33(50)29(46)23(18)40)19-24(41)30(47)34(51)31(48)25(19)42/h13-14H,7-9,11H2,1-6H3/b17-15+. The molecule has 0 heterocycles. The van der Waals surface area contributed by atoms with Crippen molar-refractivity contribution in [3.63, 3.8) is 0 Å². The second-order valence-electron chi connectivity index (χ2n) is 12.1. The lowest BCUT2D eigenvalue weighted by molar-refractivity contribution is 0.308. The van der Waals surface area contributed by atoms with Crippen molar-refractivity contribution in [1.82, 2.24) is 4.81 Å². The largest absolute Gasteiger partial charge is 0.341 e. The Morgan fingerprint density at radius 3 is 1.13 bits per heavy atom. The molecule has 0 atom stereocenters. The first-order valence-electron chi connectivity index (χ1n) is 15.7. The first kappa shape index (κ1) is 42.4. The van der Waals surface area contributed by atoms with Gasteiger partial charge in [-0.1, -0.05) is 58.9 Å². The summed E-state index contributed by atoms with van der Waals surface area (Å²) >= 11 is 0. The molecule has 0 saturated heterocycles. The van der Waals surface area contributed by atoms with E-state index in [2.05, 4.69) is 11.7 Å². The number of hydrogen-bond donors (Lipinski definition) is 0. The van der Waals surface area contributed by atoms with Crippen LogP contribution in [-0.4, -0.2) is 30.5 Å². The van der Waals surface area contributed by atoms with Crippen LogP contribution in [0.4, 0.5) is 65.9 Å². The van der Waals surface area contributed by atoms with Crippen LogP contribution in [0, 0.1) is 99.0 Å². The molecule has 0 amide bonds. The number of rotatable bonds is 11. The maximum Gasteiger partial charge on any atom is 0.341 e. The highest BCUT2D eigenvalue weighted by Crippen LogP contribution is 2.37. The summed E-state index contributed by atoms with van der Waals surface area (Å²) in [5.74, 6) is -37.6. The fraction of sp³-hybridized carbons (Fsp3) is 0.353. The molecular weight excluding hydrogens is 729 g/mol. The fourth-order valence-electron chi connectivity index (χ4n) is 6.03. The minimum Gasteiger partial charge on any atom is -0.323 e. The monoisotopic (exact) mass is 757 g/mol. The Morgan fingerprint density at radius 2 is 0.827 bits per heavy atom. The molecule has 18 heteroatoms. The summed E-state index contributed by atoms with van der Waals surface area (Å²) in [6.45, 7) is 3.76. The Labute approximate surface area is 290 Å². The number of nitrogens with zero attached hydrogens (tertiary/aromatic N) is 1. The zero-order valence-electron chi connectivity index (χ0n) is 28.3. The van der Waals surface area contributed by atoms with Gasteiger partial charge in [0.2, 0.25) is 5.82 Å².